The van der Waals surface area contributed by atoms with E-state index >= 15 is 0 Å². The molecule has 3 atom stereocenters. The van der Waals surface area contributed by atoms with Gasteiger partial charge in [0.05, 0.1) is 40.9 Å². The molecule has 1 aliphatic carbocycles. The Hall–Kier alpha value is -5.33. The minimum absolute atomic E-state index is 0.0382. The van der Waals surface area contributed by atoms with Crippen LogP contribution in [0.25, 0.3) is 32.7 Å². The molecular weight excluding hydrogens is 1020 g/mol. The summed E-state index contributed by atoms with van der Waals surface area (Å²) in [6, 6.07) is 15.0. The standard InChI is InChI=1S/C57H66Cl2N6O9S/c1-34-46-35(2)50(59)51(49(34)58)72-42(28-65-22-20-64(6)21-23-65)31-70-41-16-17-44(71-29-39-18-19-60-53(63-39)37-12-14-40(15-13-37)69-32-43-30-67-24-25-68-43)38(26-41)27-45(56(66)74-57(3,4)5)73-54-48-47(46)52(36-10-8-7-9-11-36)75-55(48)62-33-61-54/h12-19,26,33,36,42-43,45H,7-11,20-25,27-32H2,1-6H3/t42-,43+,45-/m1/s1. The van der Waals surface area contributed by atoms with Crippen LogP contribution in [0.5, 0.6) is 28.9 Å². The van der Waals surface area contributed by atoms with Crippen molar-refractivity contribution in [2.24, 2.45) is 0 Å². The van der Waals surface area contributed by atoms with Crippen molar-refractivity contribution in [3.05, 3.63) is 98.4 Å². The molecule has 75 heavy (non-hydrogen) atoms. The molecule has 398 valence electrons. The average Bonchev–Trinajstić information content (AvgIpc) is 3.82. The molecular formula is C57H66Cl2N6O9S. The molecule has 18 heteroatoms. The number of thiophene rings is 1. The number of hydrogen-bond acceptors (Lipinski definition) is 16. The van der Waals surface area contributed by atoms with E-state index in [4.69, 9.17) is 76.0 Å². The summed E-state index contributed by atoms with van der Waals surface area (Å²) in [5, 5.41) is 1.54. The van der Waals surface area contributed by atoms with E-state index in [0.29, 0.717) is 88.5 Å². The van der Waals surface area contributed by atoms with Crippen LogP contribution in [0.15, 0.2) is 61.1 Å². The number of esters is 1. The first-order valence-electron chi connectivity index (χ1n) is 26.1. The zero-order chi connectivity index (χ0) is 52.2. The van der Waals surface area contributed by atoms with Crippen molar-refractivity contribution in [1.29, 1.82) is 0 Å². The Morgan fingerprint density at radius 3 is 2.36 bits per heavy atom. The molecule has 3 fully saturated rings. The van der Waals surface area contributed by atoms with Crippen molar-refractivity contribution in [1.82, 2.24) is 29.7 Å². The van der Waals surface area contributed by atoms with Crippen LogP contribution in [0.1, 0.15) is 86.1 Å². The van der Waals surface area contributed by atoms with Gasteiger partial charge >= 0.3 is 5.97 Å². The predicted molar refractivity (Wildman–Crippen MR) is 290 cm³/mol. The van der Waals surface area contributed by atoms with E-state index in [-0.39, 0.29) is 37.5 Å². The second kappa shape index (κ2) is 23.5. The van der Waals surface area contributed by atoms with Crippen molar-refractivity contribution in [3.8, 4) is 51.4 Å². The van der Waals surface area contributed by atoms with Crippen LogP contribution < -0.4 is 23.7 Å². The normalized spacial score (nSPS) is 20.2. The van der Waals surface area contributed by atoms with Crippen molar-refractivity contribution in [2.45, 2.75) is 110 Å². The molecule has 3 aromatic heterocycles. The van der Waals surface area contributed by atoms with E-state index < -0.39 is 23.8 Å². The van der Waals surface area contributed by atoms with Crippen LogP contribution >= 0.6 is 34.5 Å². The number of fused-ring (bicyclic) bond motifs is 7. The van der Waals surface area contributed by atoms with Gasteiger partial charge in [0.2, 0.25) is 12.0 Å². The maximum absolute atomic E-state index is 14.7. The molecule has 0 unspecified atom stereocenters. The van der Waals surface area contributed by atoms with Crippen LogP contribution in [-0.2, 0) is 32.0 Å². The number of carbonyl (C=O) groups is 1. The van der Waals surface area contributed by atoms with Crippen molar-refractivity contribution in [2.75, 3.05) is 72.8 Å². The summed E-state index contributed by atoms with van der Waals surface area (Å²) >= 11 is 16.6. The lowest BCUT2D eigenvalue weighted by atomic mass is 9.83. The molecule has 1 saturated carbocycles. The molecule has 4 bridgehead atoms. The number of carbonyl (C=O) groups excluding carboxylic acids is 1. The molecule has 15 nitrogen and oxygen atoms in total. The number of benzene rings is 3. The Bertz CT molecular complexity index is 2940. The molecule has 0 radical (unpaired) electrons. The molecule has 6 aromatic rings. The van der Waals surface area contributed by atoms with Gasteiger partial charge in [-0.2, -0.15) is 0 Å². The third-order valence-corrected chi connectivity index (χ3v) is 16.3. The molecule has 4 aliphatic heterocycles. The number of halogens is 2. The minimum Gasteiger partial charge on any atom is -0.491 e. The number of piperazine rings is 1. The summed E-state index contributed by atoms with van der Waals surface area (Å²) in [5.74, 6) is 2.65. The highest BCUT2D eigenvalue weighted by molar-refractivity contribution is 7.19. The maximum Gasteiger partial charge on any atom is 0.348 e. The quantitative estimate of drug-likeness (QED) is 0.113. The number of ether oxygens (including phenoxy) is 8. The van der Waals surface area contributed by atoms with Gasteiger partial charge in [-0.15, -0.1) is 11.3 Å². The number of nitrogens with zero attached hydrogens (tertiary/aromatic N) is 6. The minimum atomic E-state index is -1.19. The van der Waals surface area contributed by atoms with E-state index in [9.17, 15) is 4.79 Å². The average molecular weight is 1080 g/mol. The second-order valence-electron chi connectivity index (χ2n) is 20.9. The molecule has 0 amide bonds. The van der Waals surface area contributed by atoms with Gasteiger partial charge in [-0.25, -0.2) is 24.7 Å². The van der Waals surface area contributed by atoms with E-state index in [1.807, 2.05) is 83.1 Å². The molecule has 5 aliphatic rings. The number of likely N-dealkylation sites (N-methyl/N-ethyl adjacent to an activating group) is 1. The number of rotatable bonds is 11. The van der Waals surface area contributed by atoms with E-state index in [1.54, 1.807) is 17.5 Å². The Balaban J connectivity index is 1.03. The van der Waals surface area contributed by atoms with Crippen molar-refractivity contribution >= 4 is 50.7 Å². The fourth-order valence-electron chi connectivity index (χ4n) is 10.2. The smallest absolute Gasteiger partial charge is 0.348 e. The highest BCUT2D eigenvalue weighted by atomic mass is 35.5. The highest BCUT2D eigenvalue weighted by Crippen LogP contribution is 2.53. The van der Waals surface area contributed by atoms with Gasteiger partial charge in [-0.1, -0.05) is 42.5 Å². The van der Waals surface area contributed by atoms with Gasteiger partial charge < -0.3 is 42.8 Å². The fourth-order valence-corrected chi connectivity index (χ4v) is 12.1. The number of hydrogen-bond donors (Lipinski definition) is 0. The zero-order valence-electron chi connectivity index (χ0n) is 43.6. The predicted octanol–water partition coefficient (Wildman–Crippen LogP) is 10.9. The Labute approximate surface area is 453 Å². The summed E-state index contributed by atoms with van der Waals surface area (Å²) in [6.45, 7) is 16.1. The van der Waals surface area contributed by atoms with Crippen LogP contribution in [0.2, 0.25) is 10.0 Å². The zero-order valence-corrected chi connectivity index (χ0v) is 46.0. The van der Waals surface area contributed by atoms with Gasteiger partial charge in [0.25, 0.3) is 0 Å². The van der Waals surface area contributed by atoms with Gasteiger partial charge in [-0.05, 0) is 126 Å². The van der Waals surface area contributed by atoms with Crippen LogP contribution in [0.4, 0.5) is 0 Å². The van der Waals surface area contributed by atoms with Crippen LogP contribution in [0.3, 0.4) is 0 Å². The lowest BCUT2D eigenvalue weighted by molar-refractivity contribution is -0.163. The first kappa shape index (κ1) is 53.1. The van der Waals surface area contributed by atoms with E-state index in [0.717, 1.165) is 84.5 Å². The van der Waals surface area contributed by atoms with Crippen LogP contribution in [-0.4, -0.2) is 132 Å². The van der Waals surface area contributed by atoms with E-state index in [1.165, 1.54) is 17.6 Å². The maximum atomic E-state index is 14.7. The molecule has 3 aromatic carbocycles. The second-order valence-corrected chi connectivity index (χ2v) is 22.7. The topological polar surface area (TPSA) is 149 Å². The lowest BCUT2D eigenvalue weighted by Crippen LogP contribution is -2.49. The SMILES string of the molecule is Cc1c(Cl)c2c(Cl)c(C)c1-c1c(C3CCCCC3)sc3ncnc(c13)O[C@@H](C(=O)OC(C)(C)C)Cc1cc(ccc1OCc1ccnc(-c3ccc(OC[C@@H]4COCCO4)cc3)n1)OC[C@@H](CN1CCN(C)CC1)O2. The molecule has 0 spiro atoms. The molecule has 11 rings (SSSR count). The van der Waals surface area contributed by atoms with Crippen molar-refractivity contribution < 1.29 is 42.7 Å². The molecule has 0 N–H and O–H groups in total. The summed E-state index contributed by atoms with van der Waals surface area (Å²) in [4.78, 5) is 40.4. The Kier molecular flexibility index (Phi) is 16.6. The molecule has 7 heterocycles. The van der Waals surface area contributed by atoms with Gasteiger partial charge in [-0.3, -0.25) is 4.90 Å². The van der Waals surface area contributed by atoms with Crippen molar-refractivity contribution in [3.63, 3.8) is 0 Å². The van der Waals surface area contributed by atoms with Gasteiger partial charge in [0.15, 0.2) is 11.6 Å². The summed E-state index contributed by atoms with van der Waals surface area (Å²) in [5.41, 5.74) is 4.71. The highest BCUT2D eigenvalue weighted by Gasteiger charge is 2.35. The largest absolute Gasteiger partial charge is 0.491 e. The third-order valence-electron chi connectivity index (χ3n) is 14.2. The third kappa shape index (κ3) is 12.6. The summed E-state index contributed by atoms with van der Waals surface area (Å²) in [6.07, 6.45) is 6.99. The summed E-state index contributed by atoms with van der Waals surface area (Å²) in [7, 11) is 2.14. The van der Waals surface area contributed by atoms with E-state index in [2.05, 4.69) is 21.8 Å². The summed E-state index contributed by atoms with van der Waals surface area (Å²) < 4.78 is 50.6. The first-order valence-corrected chi connectivity index (χ1v) is 27.7. The fraction of sp³-hybridized carbons (Fsp3) is 0.491. The Morgan fingerprint density at radius 2 is 1.63 bits per heavy atom. The first-order chi connectivity index (χ1) is 36.2. The van der Waals surface area contributed by atoms with Crippen LogP contribution in [0, 0.1) is 13.8 Å². The Morgan fingerprint density at radius 1 is 0.853 bits per heavy atom. The van der Waals surface area contributed by atoms with Gasteiger partial charge in [0.1, 0.15) is 66.0 Å². The van der Waals surface area contributed by atoms with Gasteiger partial charge in [0, 0.05) is 66.9 Å². The monoisotopic (exact) mass is 1080 g/mol. The lowest BCUT2D eigenvalue weighted by Gasteiger charge is -2.35. The number of aromatic nitrogens is 4. The molecule has 2 saturated heterocycles.